The Balaban J connectivity index is 1.41. The standard InChI is InChI=1S/C37H31Cl2N3O3/c1-41-33-23-30(38)31(39)24-34(33)42(36(41)44)29-20-18-25(19-21-29)22-32(35(43)45-2)40-37(26-12-6-3-7-13-26,27-14-8-4-9-15-27)28-16-10-5-11-17-28/h3-21,23-24,32,40H,22H2,1-2H3. The topological polar surface area (TPSA) is 65.3 Å². The average Bonchev–Trinajstić information content (AvgIpc) is 3.32. The molecule has 1 heterocycles. The molecule has 6 aromatic rings. The number of carbonyl (C=O) groups excluding carboxylic acids is 1. The minimum Gasteiger partial charge on any atom is -0.468 e. The highest BCUT2D eigenvalue weighted by molar-refractivity contribution is 6.42. The molecule has 0 aliphatic carbocycles. The van der Waals surface area contributed by atoms with Gasteiger partial charge in [0, 0.05) is 7.05 Å². The first-order valence-electron chi connectivity index (χ1n) is 14.5. The van der Waals surface area contributed by atoms with Gasteiger partial charge in [-0.05, 0) is 52.9 Å². The van der Waals surface area contributed by atoms with Gasteiger partial charge in [0.05, 0.1) is 39.4 Å². The van der Waals surface area contributed by atoms with Crippen LogP contribution in [0.25, 0.3) is 16.7 Å². The Labute approximate surface area is 271 Å². The van der Waals surface area contributed by atoms with Gasteiger partial charge in [0.15, 0.2) is 0 Å². The highest BCUT2D eigenvalue weighted by atomic mass is 35.5. The van der Waals surface area contributed by atoms with Gasteiger partial charge in [-0.15, -0.1) is 0 Å². The molecule has 8 heteroatoms. The molecular formula is C37H31Cl2N3O3. The van der Waals surface area contributed by atoms with Gasteiger partial charge in [-0.2, -0.15) is 0 Å². The van der Waals surface area contributed by atoms with Crippen LogP contribution in [0.15, 0.2) is 132 Å². The molecule has 1 aromatic heterocycles. The molecule has 0 aliphatic heterocycles. The van der Waals surface area contributed by atoms with E-state index >= 15 is 0 Å². The van der Waals surface area contributed by atoms with Crippen molar-refractivity contribution < 1.29 is 9.53 Å². The van der Waals surface area contributed by atoms with Gasteiger partial charge in [-0.1, -0.05) is 126 Å². The van der Waals surface area contributed by atoms with Gasteiger partial charge in [0.25, 0.3) is 0 Å². The fourth-order valence-corrected chi connectivity index (χ4v) is 6.32. The van der Waals surface area contributed by atoms with Crippen molar-refractivity contribution in [1.29, 1.82) is 0 Å². The van der Waals surface area contributed by atoms with Crippen LogP contribution in [0, 0.1) is 0 Å². The van der Waals surface area contributed by atoms with Crippen LogP contribution in [0.1, 0.15) is 22.3 Å². The smallest absolute Gasteiger partial charge is 0.333 e. The summed E-state index contributed by atoms with van der Waals surface area (Å²) in [6, 6.07) is 40.6. The molecule has 0 amide bonds. The van der Waals surface area contributed by atoms with E-state index in [1.165, 1.54) is 7.11 Å². The maximum Gasteiger partial charge on any atom is 0.333 e. The maximum absolute atomic E-state index is 13.5. The van der Waals surface area contributed by atoms with Gasteiger partial charge in [0.1, 0.15) is 6.04 Å². The molecule has 45 heavy (non-hydrogen) atoms. The van der Waals surface area contributed by atoms with Crippen molar-refractivity contribution >= 4 is 40.2 Å². The number of aryl methyl sites for hydroxylation is 1. The van der Waals surface area contributed by atoms with Gasteiger partial charge in [0.2, 0.25) is 0 Å². The fourth-order valence-electron chi connectivity index (χ4n) is 6.01. The van der Waals surface area contributed by atoms with E-state index in [1.807, 2.05) is 78.9 Å². The zero-order valence-corrected chi connectivity index (χ0v) is 26.3. The second-order valence-corrected chi connectivity index (χ2v) is 11.7. The van der Waals surface area contributed by atoms with Crippen molar-refractivity contribution in [3.8, 4) is 5.69 Å². The fraction of sp³-hybridized carbons (Fsp3) is 0.135. The molecule has 1 N–H and O–H groups in total. The number of ether oxygens (including phenoxy) is 1. The van der Waals surface area contributed by atoms with E-state index in [9.17, 15) is 9.59 Å². The summed E-state index contributed by atoms with van der Waals surface area (Å²) in [7, 11) is 3.10. The Morgan fingerprint density at radius 1 is 0.756 bits per heavy atom. The quantitative estimate of drug-likeness (QED) is 0.134. The molecule has 0 radical (unpaired) electrons. The number of nitrogens with one attached hydrogen (secondary N) is 1. The van der Waals surface area contributed by atoms with E-state index in [0.29, 0.717) is 33.2 Å². The third-order valence-corrected chi connectivity index (χ3v) is 8.95. The molecule has 1 atom stereocenters. The average molecular weight is 637 g/mol. The van der Waals surface area contributed by atoms with Gasteiger partial charge < -0.3 is 4.74 Å². The summed E-state index contributed by atoms with van der Waals surface area (Å²) in [6.45, 7) is 0. The number of aromatic nitrogens is 2. The molecule has 0 saturated heterocycles. The van der Waals surface area contributed by atoms with Crippen molar-refractivity contribution in [2.45, 2.75) is 18.0 Å². The molecule has 6 rings (SSSR count). The monoisotopic (exact) mass is 635 g/mol. The number of esters is 1. The number of hydrogen-bond acceptors (Lipinski definition) is 4. The van der Waals surface area contributed by atoms with Crippen LogP contribution in [0.5, 0.6) is 0 Å². The molecule has 6 nitrogen and oxygen atoms in total. The number of nitrogens with zero attached hydrogens (tertiary/aromatic N) is 2. The number of imidazole rings is 1. The molecule has 0 saturated carbocycles. The van der Waals surface area contributed by atoms with Crippen LogP contribution in [0.3, 0.4) is 0 Å². The number of methoxy groups -OCH3 is 1. The molecule has 1 unspecified atom stereocenters. The zero-order chi connectivity index (χ0) is 31.6. The van der Waals surface area contributed by atoms with Crippen molar-refractivity contribution in [2.75, 3.05) is 7.11 Å². The lowest BCUT2D eigenvalue weighted by Gasteiger charge is -2.39. The predicted molar refractivity (Wildman–Crippen MR) is 180 cm³/mol. The van der Waals surface area contributed by atoms with E-state index < -0.39 is 11.6 Å². The Hall–Kier alpha value is -4.62. The predicted octanol–water partition coefficient (Wildman–Crippen LogP) is 7.30. The molecule has 5 aromatic carbocycles. The lowest BCUT2D eigenvalue weighted by atomic mass is 9.76. The molecule has 0 aliphatic rings. The first kappa shape index (κ1) is 30.4. The van der Waals surface area contributed by atoms with Crippen LogP contribution in [0.2, 0.25) is 10.0 Å². The Kier molecular flexibility index (Phi) is 8.63. The number of fused-ring (bicyclic) bond motifs is 1. The Morgan fingerprint density at radius 3 is 1.69 bits per heavy atom. The van der Waals surface area contributed by atoms with Crippen LogP contribution in [0.4, 0.5) is 0 Å². The first-order valence-corrected chi connectivity index (χ1v) is 15.3. The third-order valence-electron chi connectivity index (χ3n) is 8.23. The summed E-state index contributed by atoms with van der Waals surface area (Å²) in [5.74, 6) is -0.386. The lowest BCUT2D eigenvalue weighted by molar-refractivity contribution is -0.143. The van der Waals surface area contributed by atoms with Crippen molar-refractivity contribution in [3.63, 3.8) is 0 Å². The van der Waals surface area contributed by atoms with E-state index in [2.05, 4.69) is 41.7 Å². The van der Waals surface area contributed by atoms with Crippen molar-refractivity contribution in [1.82, 2.24) is 14.5 Å². The summed E-state index contributed by atoms with van der Waals surface area (Å²) in [4.78, 5) is 26.7. The number of hydrogen-bond donors (Lipinski definition) is 1. The van der Waals surface area contributed by atoms with Crippen LogP contribution in [-0.4, -0.2) is 28.3 Å². The second-order valence-electron chi connectivity index (χ2n) is 10.9. The summed E-state index contributed by atoms with van der Waals surface area (Å²) in [5.41, 5.74) is 4.76. The second kappa shape index (κ2) is 12.8. The number of rotatable bonds is 9. The summed E-state index contributed by atoms with van der Waals surface area (Å²) < 4.78 is 8.49. The van der Waals surface area contributed by atoms with Crippen LogP contribution >= 0.6 is 23.2 Å². The van der Waals surface area contributed by atoms with Crippen LogP contribution < -0.4 is 11.0 Å². The number of halogens is 2. The molecule has 226 valence electrons. The lowest BCUT2D eigenvalue weighted by Crippen LogP contribution is -2.53. The molecule has 0 spiro atoms. The van der Waals surface area contributed by atoms with E-state index in [1.54, 1.807) is 28.3 Å². The number of carbonyl (C=O) groups is 1. The molecular weight excluding hydrogens is 605 g/mol. The Bertz CT molecular complexity index is 1910. The molecule has 0 bridgehead atoms. The van der Waals surface area contributed by atoms with Crippen molar-refractivity contribution in [3.05, 3.63) is 170 Å². The van der Waals surface area contributed by atoms with E-state index in [4.69, 9.17) is 27.9 Å². The highest BCUT2D eigenvalue weighted by Gasteiger charge is 2.40. The van der Waals surface area contributed by atoms with Gasteiger partial charge >= 0.3 is 11.7 Å². The minimum absolute atomic E-state index is 0.219. The third kappa shape index (κ3) is 5.69. The van der Waals surface area contributed by atoms with Gasteiger partial charge in [-0.3, -0.25) is 19.2 Å². The summed E-state index contributed by atoms with van der Waals surface area (Å²) >= 11 is 12.5. The largest absolute Gasteiger partial charge is 0.468 e. The van der Waals surface area contributed by atoms with Crippen molar-refractivity contribution in [2.24, 2.45) is 7.05 Å². The maximum atomic E-state index is 13.5. The number of benzene rings is 5. The van der Waals surface area contributed by atoms with Crippen LogP contribution in [-0.2, 0) is 28.5 Å². The van der Waals surface area contributed by atoms with Gasteiger partial charge in [-0.25, -0.2) is 4.79 Å². The SMILES string of the molecule is COC(=O)C(Cc1ccc(-n2c(=O)n(C)c3cc(Cl)c(Cl)cc32)cc1)NC(c1ccccc1)(c1ccccc1)c1ccccc1. The first-order chi connectivity index (χ1) is 21.8. The summed E-state index contributed by atoms with van der Waals surface area (Å²) in [5, 5.41) is 4.50. The Morgan fingerprint density at radius 2 is 1.22 bits per heavy atom. The van der Waals surface area contributed by atoms with E-state index in [-0.39, 0.29) is 11.7 Å². The van der Waals surface area contributed by atoms with E-state index in [0.717, 1.165) is 22.3 Å². The minimum atomic E-state index is -0.862. The normalized spacial score (nSPS) is 12.3. The summed E-state index contributed by atoms with van der Waals surface area (Å²) in [6.07, 6.45) is 0.340. The molecule has 0 fully saturated rings. The highest BCUT2D eigenvalue weighted by Crippen LogP contribution is 2.38. The zero-order valence-electron chi connectivity index (χ0n) is 24.8.